The first-order valence-electron chi connectivity index (χ1n) is 23.2. The van der Waals surface area contributed by atoms with E-state index in [1.165, 1.54) is 21.9 Å². The van der Waals surface area contributed by atoms with Gasteiger partial charge in [0, 0.05) is 74.8 Å². The van der Waals surface area contributed by atoms with Crippen molar-refractivity contribution in [1.82, 2.24) is 35.1 Å². The van der Waals surface area contributed by atoms with Gasteiger partial charge in [0.15, 0.2) is 5.66 Å². The number of nitrogens with two attached hydrogens (primary N) is 1. The minimum absolute atomic E-state index is 0.00567. The van der Waals surface area contributed by atoms with Crippen molar-refractivity contribution in [2.24, 2.45) is 23.0 Å². The smallest absolute Gasteiger partial charge is 0.409 e. The van der Waals surface area contributed by atoms with Crippen molar-refractivity contribution in [1.29, 1.82) is 0 Å². The van der Waals surface area contributed by atoms with Gasteiger partial charge in [-0.15, -0.1) is 0 Å². The molecule has 0 unspecified atom stereocenters. The summed E-state index contributed by atoms with van der Waals surface area (Å²) >= 11 is 0. The fourth-order valence-electron chi connectivity index (χ4n) is 10.0. The maximum absolute atomic E-state index is 14.8. The van der Waals surface area contributed by atoms with Crippen LogP contribution in [0.2, 0.25) is 0 Å². The number of phenolic OH excluding ortho intramolecular Hbond substituents is 1. The van der Waals surface area contributed by atoms with Crippen molar-refractivity contribution in [2.45, 2.75) is 104 Å². The first-order valence-corrected chi connectivity index (χ1v) is 23.2. The summed E-state index contributed by atoms with van der Waals surface area (Å²) in [6, 6.07) is 13.0. The Kier molecular flexibility index (Phi) is 14.3. The summed E-state index contributed by atoms with van der Waals surface area (Å²) in [5, 5.41) is 16.5. The average Bonchev–Trinajstić information content (AvgIpc) is 3.92. The molecule has 0 aliphatic carbocycles. The highest BCUT2D eigenvalue weighted by Gasteiger charge is 2.45. The predicted molar refractivity (Wildman–Crippen MR) is 252 cm³/mol. The summed E-state index contributed by atoms with van der Waals surface area (Å²) in [5.41, 5.74) is 14.1. The monoisotopic (exact) mass is 922 g/mol. The number of pyridine rings is 1. The number of hydrogen-bond donors (Lipinski definition) is 4. The predicted octanol–water partition coefficient (Wildman–Crippen LogP) is 5.31. The van der Waals surface area contributed by atoms with Gasteiger partial charge in [0.1, 0.15) is 17.8 Å². The first kappa shape index (κ1) is 48.9. The van der Waals surface area contributed by atoms with Crippen LogP contribution in [0.15, 0.2) is 54.7 Å². The number of rotatable bonds is 9. The standard InChI is InChI=1S/C50H66N8O9/c1-10-57-40-15-14-32-25-37(40)38(43(57)36-13-11-18-52-41(36)30(4)65-8)26-49(5,6)28-67-47(63)50(51)17-12-19-58(54-50)46(62)39(23-31-21-34(32)24-35(59)22-31)53-44(60)42(29(2)3)55(7)45(61)33-16-20-56(27-33)48(64)66-9/h11,13-15,18,21-22,24-25,29-30,33,39,42,54,59H,10,12,16-17,19-20,23,26-28,51H2,1-9H3,(H,53,60)/t30-,33+,39-,42-,50+/m0/s1. The van der Waals surface area contributed by atoms with Gasteiger partial charge >= 0.3 is 12.1 Å². The Morgan fingerprint density at radius 2 is 1.84 bits per heavy atom. The van der Waals surface area contributed by atoms with Gasteiger partial charge in [0.25, 0.3) is 5.91 Å². The SMILES string of the molecule is CCn1c(-c2cccnc2[C@H](C)OC)c2c3cc(ccc31)-c1cc(O)cc(c1)C[C@H](NC(=O)[C@H](C(C)C)N(C)C(=O)[C@@H]1CCN(C(=O)OC)C1)C(=O)N1CCC[C@@](N)(N1)C(=O)OCC(C)(C)C2. The maximum atomic E-state index is 14.8. The third kappa shape index (κ3) is 10.00. The number of fused-ring (bicyclic) bond motifs is 6. The van der Waals surface area contributed by atoms with Gasteiger partial charge in [-0.3, -0.25) is 24.4 Å². The lowest BCUT2D eigenvalue weighted by Gasteiger charge is -2.41. The van der Waals surface area contributed by atoms with E-state index < -0.39 is 53.0 Å². The lowest BCUT2D eigenvalue weighted by Crippen LogP contribution is -2.71. The summed E-state index contributed by atoms with van der Waals surface area (Å²) < 4.78 is 19.0. The molecule has 5 N–H and O–H groups in total. The van der Waals surface area contributed by atoms with E-state index in [1.54, 1.807) is 32.5 Å². The summed E-state index contributed by atoms with van der Waals surface area (Å²) in [7, 11) is 4.50. The van der Waals surface area contributed by atoms with E-state index in [1.807, 2.05) is 52.8 Å². The molecule has 0 spiro atoms. The zero-order valence-electron chi connectivity index (χ0n) is 40.2. The van der Waals surface area contributed by atoms with E-state index in [4.69, 9.17) is 24.9 Å². The summed E-state index contributed by atoms with van der Waals surface area (Å²) in [6.07, 6.45) is 2.30. The summed E-state index contributed by atoms with van der Waals surface area (Å²) in [6.45, 7) is 13.1. The second kappa shape index (κ2) is 19.7. The van der Waals surface area contributed by atoms with Crippen molar-refractivity contribution in [2.75, 3.05) is 47.5 Å². The Bertz CT molecular complexity index is 2540. The number of cyclic esters (lactones) is 1. The van der Waals surface area contributed by atoms with Gasteiger partial charge in [0.05, 0.1) is 37.1 Å². The number of amides is 4. The van der Waals surface area contributed by atoms with Crippen molar-refractivity contribution in [3.63, 3.8) is 0 Å². The van der Waals surface area contributed by atoms with Gasteiger partial charge in [-0.1, -0.05) is 39.8 Å². The molecule has 17 heteroatoms. The Balaban J connectivity index is 1.32. The number of hydrogen-bond acceptors (Lipinski definition) is 12. The molecule has 4 amide bonds. The minimum atomic E-state index is -1.77. The molecule has 17 nitrogen and oxygen atoms in total. The van der Waals surface area contributed by atoms with Crippen LogP contribution in [0.25, 0.3) is 33.3 Å². The number of carbonyl (C=O) groups is 5. The van der Waals surface area contributed by atoms with Crippen LogP contribution in [-0.2, 0) is 52.8 Å². The quantitative estimate of drug-likeness (QED) is 0.158. The van der Waals surface area contributed by atoms with Crippen LogP contribution in [0, 0.1) is 17.3 Å². The number of aromatic nitrogens is 2. The normalized spacial score (nSPS) is 22.0. The van der Waals surface area contributed by atoms with Gasteiger partial charge in [-0.25, -0.2) is 15.0 Å². The Morgan fingerprint density at radius 1 is 1.07 bits per heavy atom. The second-order valence-corrected chi connectivity index (χ2v) is 19.4. The molecule has 0 radical (unpaired) electrons. The molecule has 7 rings (SSSR count). The Labute approximate surface area is 392 Å². The highest BCUT2D eigenvalue weighted by molar-refractivity contribution is 5.96. The molecule has 2 fully saturated rings. The topological polar surface area (TPSA) is 211 Å². The molecule has 67 heavy (non-hydrogen) atoms. The number of benzene rings is 2. The van der Waals surface area contributed by atoms with Crippen LogP contribution < -0.4 is 16.5 Å². The molecule has 6 bridgehead atoms. The molecule has 3 aliphatic heterocycles. The number of hydrazine groups is 1. The highest BCUT2D eigenvalue weighted by atomic mass is 16.5. The molecule has 2 saturated heterocycles. The number of likely N-dealkylation sites (tertiary alicyclic amines) is 1. The first-order chi connectivity index (χ1) is 31.8. The van der Waals surface area contributed by atoms with Crippen LogP contribution in [0.1, 0.15) is 83.7 Å². The lowest BCUT2D eigenvalue weighted by atomic mass is 9.84. The van der Waals surface area contributed by atoms with Crippen molar-refractivity contribution in [3.05, 3.63) is 71.5 Å². The third-order valence-corrected chi connectivity index (χ3v) is 13.5. The molecule has 2 aromatic heterocycles. The van der Waals surface area contributed by atoms with Crippen molar-refractivity contribution >= 4 is 40.7 Å². The largest absolute Gasteiger partial charge is 0.508 e. The molecule has 0 saturated carbocycles. The Hall–Kier alpha value is -6.04. The fraction of sp³-hybridized carbons (Fsp3) is 0.520. The molecule has 4 aromatic rings. The van der Waals surface area contributed by atoms with Crippen LogP contribution >= 0.6 is 0 Å². The Morgan fingerprint density at radius 3 is 2.54 bits per heavy atom. The number of aryl methyl sites for hydroxylation is 1. The average molecular weight is 923 g/mol. The molecule has 5 heterocycles. The number of aromatic hydroxyl groups is 1. The molecule has 360 valence electrons. The van der Waals surface area contributed by atoms with E-state index in [2.05, 4.69) is 40.4 Å². The molecular weight excluding hydrogens is 857 g/mol. The number of phenols is 1. The van der Waals surface area contributed by atoms with E-state index in [0.29, 0.717) is 43.5 Å². The van der Waals surface area contributed by atoms with Gasteiger partial charge in [0.2, 0.25) is 11.8 Å². The second-order valence-electron chi connectivity index (χ2n) is 19.4. The van der Waals surface area contributed by atoms with E-state index in [0.717, 1.165) is 39.0 Å². The van der Waals surface area contributed by atoms with Crippen molar-refractivity contribution < 1.29 is 43.3 Å². The van der Waals surface area contributed by atoms with Crippen LogP contribution in [0.5, 0.6) is 5.75 Å². The number of nitrogens with one attached hydrogen (secondary N) is 2. The van der Waals surface area contributed by atoms with Crippen molar-refractivity contribution in [3.8, 4) is 28.1 Å². The molecular formula is C50H66N8O9. The number of methoxy groups -OCH3 is 2. The third-order valence-electron chi connectivity index (χ3n) is 13.5. The molecule has 5 atom stereocenters. The van der Waals surface area contributed by atoms with Crippen LogP contribution in [-0.4, -0.2) is 125 Å². The number of likely N-dealkylation sites (N-methyl/N-ethyl adjacent to an activating group) is 1. The van der Waals surface area contributed by atoms with Gasteiger partial charge < -0.3 is 44.7 Å². The summed E-state index contributed by atoms with van der Waals surface area (Å²) in [5.74, 6) is -3.14. The zero-order chi connectivity index (χ0) is 48.5. The molecule has 3 aliphatic rings. The van der Waals surface area contributed by atoms with Gasteiger partial charge in [-0.05, 0) is 104 Å². The minimum Gasteiger partial charge on any atom is -0.508 e. The van der Waals surface area contributed by atoms with Crippen LogP contribution in [0.3, 0.4) is 0 Å². The van der Waals surface area contributed by atoms with Crippen LogP contribution in [0.4, 0.5) is 4.79 Å². The number of esters is 1. The lowest BCUT2D eigenvalue weighted by molar-refractivity contribution is -0.163. The van der Waals surface area contributed by atoms with E-state index in [-0.39, 0.29) is 56.2 Å². The molecule has 2 aromatic carbocycles. The highest BCUT2D eigenvalue weighted by Crippen LogP contribution is 2.42. The number of carbonyl (C=O) groups excluding carboxylic acids is 5. The zero-order valence-corrected chi connectivity index (χ0v) is 40.2. The number of ether oxygens (including phenoxy) is 3. The fourth-order valence-corrected chi connectivity index (χ4v) is 10.0. The van der Waals surface area contributed by atoms with E-state index >= 15 is 0 Å². The summed E-state index contributed by atoms with van der Waals surface area (Å²) in [4.78, 5) is 77.2. The maximum Gasteiger partial charge on any atom is 0.409 e. The van der Waals surface area contributed by atoms with E-state index in [9.17, 15) is 29.1 Å². The number of nitrogens with zero attached hydrogens (tertiary/aromatic N) is 5. The van der Waals surface area contributed by atoms with Gasteiger partial charge in [-0.2, -0.15) is 0 Å².